The zero-order valence-corrected chi connectivity index (χ0v) is 14.5. The Balaban J connectivity index is 0.00000200. The maximum absolute atomic E-state index is 3.53. The summed E-state index contributed by atoms with van der Waals surface area (Å²) in [7, 11) is 0. The monoisotopic (exact) mass is 331 g/mol. The third kappa shape index (κ3) is 7.77. The summed E-state index contributed by atoms with van der Waals surface area (Å²) in [6.45, 7) is 7.14. The first-order valence-corrected chi connectivity index (χ1v) is 8.91. The van der Waals surface area contributed by atoms with Crippen LogP contribution in [0.2, 0.25) is 0 Å². The van der Waals surface area contributed by atoms with E-state index in [-0.39, 0.29) is 31.8 Å². The van der Waals surface area contributed by atoms with Gasteiger partial charge >= 0.3 is 126 Å². The van der Waals surface area contributed by atoms with Gasteiger partial charge in [-0.1, -0.05) is 0 Å². The molecular weight excluding hydrogens is 306 g/mol. The molecule has 20 heavy (non-hydrogen) atoms. The van der Waals surface area contributed by atoms with Crippen molar-refractivity contribution in [1.82, 2.24) is 14.0 Å². The van der Waals surface area contributed by atoms with E-state index in [1.165, 1.54) is 32.4 Å². The van der Waals surface area contributed by atoms with Crippen molar-refractivity contribution in [1.29, 1.82) is 0 Å². The van der Waals surface area contributed by atoms with Crippen LogP contribution in [0.25, 0.3) is 0 Å². The summed E-state index contributed by atoms with van der Waals surface area (Å²) >= 11 is -0.129. The van der Waals surface area contributed by atoms with Crippen LogP contribution in [0.1, 0.15) is 19.3 Å². The predicted octanol–water partition coefficient (Wildman–Crippen LogP) is 1.40. The van der Waals surface area contributed by atoms with Gasteiger partial charge in [-0.05, 0) is 0 Å². The summed E-state index contributed by atoms with van der Waals surface area (Å²) < 4.78 is 4.26. The van der Waals surface area contributed by atoms with Crippen molar-refractivity contribution in [3.63, 3.8) is 0 Å². The van der Waals surface area contributed by atoms with Crippen LogP contribution in [0, 0.1) is 0 Å². The third-order valence-electron chi connectivity index (χ3n) is 3.33. The van der Waals surface area contributed by atoms with Gasteiger partial charge in [0.1, 0.15) is 0 Å². The van der Waals surface area contributed by atoms with Crippen LogP contribution in [0.15, 0.2) is 30.3 Å². The summed E-state index contributed by atoms with van der Waals surface area (Å²) in [5.74, 6) is 0. The molecule has 2 N–H and O–H groups in total. The second-order valence-corrected chi connectivity index (χ2v) is 7.26. The number of halogens is 1. The second kappa shape index (κ2) is 11.7. The molecule has 2 rings (SSSR count). The summed E-state index contributed by atoms with van der Waals surface area (Å²) in [6, 6.07) is 11.0. The van der Waals surface area contributed by atoms with Crippen molar-refractivity contribution in [3.8, 4) is 0 Å². The van der Waals surface area contributed by atoms with E-state index in [1.54, 1.807) is 3.87 Å². The molecule has 0 saturated carbocycles. The molecule has 0 unspecified atom stereocenters. The molecule has 1 aromatic rings. The SMILES string of the molecule is Cl.c1cc[c]([Ti][N]2CCCNCCCNCCC2)cc1. The number of hydrogen-bond acceptors (Lipinski definition) is 3. The van der Waals surface area contributed by atoms with Gasteiger partial charge in [-0.15, -0.1) is 12.4 Å². The zero-order chi connectivity index (χ0) is 13.2. The molecule has 1 fully saturated rings. The fourth-order valence-electron chi connectivity index (χ4n) is 2.30. The maximum atomic E-state index is 3.53. The van der Waals surface area contributed by atoms with Crippen LogP contribution in [0.5, 0.6) is 0 Å². The fraction of sp³-hybridized carbons (Fsp3) is 0.600. The summed E-state index contributed by atoms with van der Waals surface area (Å²) in [4.78, 5) is 0. The van der Waals surface area contributed by atoms with E-state index in [9.17, 15) is 0 Å². The van der Waals surface area contributed by atoms with Crippen molar-refractivity contribution in [3.05, 3.63) is 30.3 Å². The van der Waals surface area contributed by atoms with Gasteiger partial charge in [0, 0.05) is 0 Å². The van der Waals surface area contributed by atoms with E-state index < -0.39 is 0 Å². The molecule has 0 atom stereocenters. The van der Waals surface area contributed by atoms with Crippen LogP contribution < -0.4 is 14.5 Å². The zero-order valence-electron chi connectivity index (χ0n) is 12.1. The quantitative estimate of drug-likeness (QED) is 0.802. The molecule has 0 bridgehead atoms. The van der Waals surface area contributed by atoms with E-state index in [0.29, 0.717) is 0 Å². The third-order valence-corrected chi connectivity index (χ3v) is 5.45. The molecule has 1 aliphatic rings. The Morgan fingerprint density at radius 2 is 1.35 bits per heavy atom. The van der Waals surface area contributed by atoms with E-state index >= 15 is 0 Å². The number of nitrogens with one attached hydrogen (secondary N) is 2. The van der Waals surface area contributed by atoms with E-state index in [4.69, 9.17) is 0 Å². The summed E-state index contributed by atoms with van der Waals surface area (Å²) in [5, 5.41) is 7.07. The molecule has 1 saturated heterocycles. The van der Waals surface area contributed by atoms with Gasteiger partial charge < -0.3 is 0 Å². The number of rotatable bonds is 2. The Morgan fingerprint density at radius 1 is 0.800 bits per heavy atom. The Hall–Kier alpha value is 0.104. The van der Waals surface area contributed by atoms with Crippen LogP contribution in [-0.2, 0) is 19.4 Å². The number of hydrogen-bond donors (Lipinski definition) is 2. The Morgan fingerprint density at radius 3 is 1.95 bits per heavy atom. The van der Waals surface area contributed by atoms with Crippen LogP contribution in [0.4, 0.5) is 0 Å². The van der Waals surface area contributed by atoms with Crippen molar-refractivity contribution >= 4 is 16.3 Å². The van der Waals surface area contributed by atoms with Gasteiger partial charge in [0.2, 0.25) is 0 Å². The molecule has 1 aliphatic heterocycles. The first kappa shape index (κ1) is 18.2. The average Bonchev–Trinajstić information content (AvgIpc) is 2.43. The van der Waals surface area contributed by atoms with Gasteiger partial charge in [-0.3, -0.25) is 0 Å². The van der Waals surface area contributed by atoms with Crippen molar-refractivity contribution < 1.29 is 19.4 Å². The Labute approximate surface area is 138 Å². The minimum absolute atomic E-state index is 0. The predicted molar refractivity (Wildman–Crippen MR) is 84.5 cm³/mol. The first-order valence-electron chi connectivity index (χ1n) is 7.43. The van der Waals surface area contributed by atoms with Gasteiger partial charge in [0.25, 0.3) is 0 Å². The van der Waals surface area contributed by atoms with Gasteiger partial charge in [0.15, 0.2) is 0 Å². The van der Waals surface area contributed by atoms with Gasteiger partial charge in [0.05, 0.1) is 0 Å². The first-order chi connectivity index (χ1) is 9.45. The molecule has 112 valence electrons. The van der Waals surface area contributed by atoms with Crippen molar-refractivity contribution in [2.45, 2.75) is 19.3 Å². The average molecular weight is 332 g/mol. The summed E-state index contributed by atoms with van der Waals surface area (Å²) in [6.07, 6.45) is 3.81. The van der Waals surface area contributed by atoms with Gasteiger partial charge in [-0.25, -0.2) is 0 Å². The molecule has 5 heteroatoms. The molecule has 1 aromatic carbocycles. The van der Waals surface area contributed by atoms with Gasteiger partial charge in [-0.2, -0.15) is 0 Å². The van der Waals surface area contributed by atoms with Crippen LogP contribution in [0.3, 0.4) is 0 Å². The van der Waals surface area contributed by atoms with Crippen molar-refractivity contribution in [2.75, 3.05) is 39.3 Å². The van der Waals surface area contributed by atoms with E-state index in [0.717, 1.165) is 26.2 Å². The topological polar surface area (TPSA) is 27.3 Å². The molecule has 0 aliphatic carbocycles. The Bertz CT molecular complexity index is 325. The minimum atomic E-state index is -0.129. The molecule has 1 heterocycles. The van der Waals surface area contributed by atoms with Crippen LogP contribution >= 0.6 is 12.4 Å². The molecular formula is C15H26ClN3Ti. The standard InChI is InChI=1S/C9H20N3.C6H5.ClH.Ti/c1-4-10-6-2-8-12-9-3-7-11-5-1;1-2-4-6-5-3-1;;/h10-11H,1-9H2;1-5H;1H;/q-1;;;+1. The second-order valence-electron chi connectivity index (χ2n) is 5.03. The van der Waals surface area contributed by atoms with E-state index in [1.807, 2.05) is 0 Å². The van der Waals surface area contributed by atoms with Crippen molar-refractivity contribution in [2.24, 2.45) is 0 Å². The molecule has 0 spiro atoms. The Kier molecular flexibility index (Phi) is 10.6. The summed E-state index contributed by atoms with van der Waals surface area (Å²) in [5.41, 5.74) is 0. The fourth-order valence-corrected chi connectivity index (χ4v) is 4.24. The molecule has 0 aromatic heterocycles. The normalized spacial score (nSPS) is 19.2. The molecule has 0 radical (unpaired) electrons. The molecule has 0 amide bonds. The van der Waals surface area contributed by atoms with Crippen LogP contribution in [-0.4, -0.2) is 42.7 Å². The number of benzene rings is 1. The molecule has 3 nitrogen and oxygen atoms in total. The van der Waals surface area contributed by atoms with E-state index in [2.05, 4.69) is 44.3 Å². The number of nitrogens with zero attached hydrogens (tertiary/aromatic N) is 1.